The molecule has 0 saturated heterocycles. The average Bonchev–Trinajstić information content (AvgIpc) is 3.31. The first-order chi connectivity index (χ1) is 15.4. The molecule has 0 bridgehead atoms. The van der Waals surface area contributed by atoms with Gasteiger partial charge in [0.15, 0.2) is 9.84 Å². The zero-order valence-electron chi connectivity index (χ0n) is 18.0. The highest BCUT2D eigenvalue weighted by Crippen LogP contribution is 2.36. The molecule has 9 nitrogen and oxygen atoms in total. The molecule has 33 heavy (non-hydrogen) atoms. The highest BCUT2D eigenvalue weighted by Gasteiger charge is 2.35. The molecule has 4 rings (SSSR count). The third kappa shape index (κ3) is 4.25. The van der Waals surface area contributed by atoms with Crippen LogP contribution in [0.15, 0.2) is 49.3 Å². The molecule has 1 aromatic heterocycles. The molecule has 0 radical (unpaired) electrons. The van der Waals surface area contributed by atoms with Crippen molar-refractivity contribution in [1.29, 1.82) is 0 Å². The van der Waals surface area contributed by atoms with Gasteiger partial charge in [-0.25, -0.2) is 31.1 Å². The number of nitrogens with one attached hydrogen (secondary N) is 2. The predicted octanol–water partition coefficient (Wildman–Crippen LogP) is 2.27. The number of halogens is 1. The lowest BCUT2D eigenvalue weighted by molar-refractivity contribution is 0.376. The van der Waals surface area contributed by atoms with E-state index in [4.69, 9.17) is 4.42 Å². The van der Waals surface area contributed by atoms with E-state index in [1.54, 1.807) is 26.8 Å². The summed E-state index contributed by atoms with van der Waals surface area (Å²) in [6.07, 6.45) is 0.315. The minimum absolute atomic E-state index is 0.0261. The Balaban J connectivity index is 1.79. The number of fused-ring (bicyclic) bond motifs is 1. The fraction of sp³-hybridized carbons (Fsp3) is 0.333. The molecule has 1 aliphatic rings. The summed E-state index contributed by atoms with van der Waals surface area (Å²) in [5.41, 5.74) is 2.21. The molecule has 2 atom stereocenters. The number of rotatable bonds is 6. The largest absolute Gasteiger partial charge is 0.434 e. The van der Waals surface area contributed by atoms with Crippen LogP contribution in [-0.4, -0.2) is 32.8 Å². The highest BCUT2D eigenvalue weighted by molar-refractivity contribution is 7.92. The number of nitrogens with zero attached hydrogens (tertiary/aromatic N) is 1. The standard InChI is InChI=1S/C21H22FN3O6S2/c1-11-4-7-16(22)18(12(11)2)13(3)19(20-23-24-21(26)31-20)25-33(29,30)15-6-5-14-8-9-32(27,28)17(14)10-15/h4-7,10,13,19,25H,8-9H2,1-3H3,(H,24,26). The third-order valence-electron chi connectivity index (χ3n) is 6.01. The van der Waals surface area contributed by atoms with Crippen LogP contribution in [0.25, 0.3) is 0 Å². The van der Waals surface area contributed by atoms with Crippen molar-refractivity contribution in [3.8, 4) is 0 Å². The van der Waals surface area contributed by atoms with Gasteiger partial charge in [-0.05, 0) is 60.7 Å². The number of sulfonamides is 1. The van der Waals surface area contributed by atoms with Gasteiger partial charge in [-0.3, -0.25) is 0 Å². The van der Waals surface area contributed by atoms with Crippen molar-refractivity contribution in [3.63, 3.8) is 0 Å². The lowest BCUT2D eigenvalue weighted by atomic mass is 9.88. The second kappa shape index (κ2) is 8.19. The third-order valence-corrected chi connectivity index (χ3v) is 9.25. The topological polar surface area (TPSA) is 139 Å². The van der Waals surface area contributed by atoms with E-state index in [1.807, 2.05) is 0 Å². The lowest BCUT2D eigenvalue weighted by Gasteiger charge is -2.25. The van der Waals surface area contributed by atoms with Crippen molar-refractivity contribution in [1.82, 2.24) is 14.9 Å². The van der Waals surface area contributed by atoms with E-state index in [1.165, 1.54) is 18.2 Å². The van der Waals surface area contributed by atoms with E-state index in [2.05, 4.69) is 14.9 Å². The van der Waals surface area contributed by atoms with Crippen LogP contribution >= 0.6 is 0 Å². The van der Waals surface area contributed by atoms with Gasteiger partial charge in [0.2, 0.25) is 15.9 Å². The highest BCUT2D eigenvalue weighted by atomic mass is 32.2. The van der Waals surface area contributed by atoms with E-state index in [-0.39, 0.29) is 27.0 Å². The number of aryl methyl sites for hydroxylation is 2. The number of benzene rings is 2. The Morgan fingerprint density at radius 3 is 2.61 bits per heavy atom. The second-order valence-corrected chi connectivity index (χ2v) is 11.9. The minimum atomic E-state index is -4.31. The Labute approximate surface area is 190 Å². The monoisotopic (exact) mass is 495 g/mol. The normalized spacial score (nSPS) is 17.0. The van der Waals surface area contributed by atoms with E-state index in [0.29, 0.717) is 17.5 Å². The van der Waals surface area contributed by atoms with Gasteiger partial charge < -0.3 is 4.42 Å². The Hall–Kier alpha value is -2.83. The van der Waals surface area contributed by atoms with Crippen LogP contribution in [0.4, 0.5) is 4.39 Å². The number of hydrogen-bond acceptors (Lipinski definition) is 7. The number of sulfone groups is 1. The van der Waals surface area contributed by atoms with Gasteiger partial charge in [-0.2, -0.15) is 4.72 Å². The quantitative estimate of drug-likeness (QED) is 0.535. The number of H-pyrrole nitrogens is 1. The van der Waals surface area contributed by atoms with Gasteiger partial charge >= 0.3 is 5.76 Å². The first-order valence-corrected chi connectivity index (χ1v) is 13.2. The molecular weight excluding hydrogens is 473 g/mol. The van der Waals surface area contributed by atoms with Gasteiger partial charge in [0, 0.05) is 5.92 Å². The second-order valence-electron chi connectivity index (χ2n) is 8.08. The zero-order valence-corrected chi connectivity index (χ0v) is 19.7. The van der Waals surface area contributed by atoms with Gasteiger partial charge in [-0.15, -0.1) is 5.10 Å². The van der Waals surface area contributed by atoms with E-state index >= 15 is 0 Å². The summed E-state index contributed by atoms with van der Waals surface area (Å²) in [5, 5.41) is 5.84. The Morgan fingerprint density at radius 1 is 1.21 bits per heavy atom. The molecule has 0 spiro atoms. The molecule has 176 valence electrons. The van der Waals surface area contributed by atoms with Gasteiger partial charge in [0.05, 0.1) is 15.5 Å². The summed E-state index contributed by atoms with van der Waals surface area (Å²) < 4.78 is 73.2. The van der Waals surface area contributed by atoms with Crippen LogP contribution < -0.4 is 10.5 Å². The smallest absolute Gasteiger partial charge is 0.391 e. The predicted molar refractivity (Wildman–Crippen MR) is 117 cm³/mol. The van der Waals surface area contributed by atoms with Crippen LogP contribution in [0.5, 0.6) is 0 Å². The minimum Gasteiger partial charge on any atom is -0.391 e. The first kappa shape index (κ1) is 23.3. The van der Waals surface area contributed by atoms with E-state index in [0.717, 1.165) is 11.6 Å². The summed E-state index contributed by atoms with van der Waals surface area (Å²) in [6.45, 7) is 5.09. The van der Waals surface area contributed by atoms with E-state index < -0.39 is 43.4 Å². The molecule has 3 aromatic rings. The maximum atomic E-state index is 14.8. The van der Waals surface area contributed by atoms with Crippen LogP contribution in [0.2, 0.25) is 0 Å². The molecule has 2 aromatic carbocycles. The van der Waals surface area contributed by atoms with Crippen LogP contribution in [0.3, 0.4) is 0 Å². The van der Waals surface area contributed by atoms with Crippen LogP contribution in [-0.2, 0) is 26.3 Å². The molecule has 0 saturated carbocycles. The number of hydrogen-bond donors (Lipinski definition) is 2. The molecule has 1 aliphatic heterocycles. The summed E-state index contributed by atoms with van der Waals surface area (Å²) in [4.78, 5) is 11.3. The van der Waals surface area contributed by atoms with Crippen molar-refractivity contribution in [2.45, 2.75) is 48.9 Å². The fourth-order valence-corrected chi connectivity index (χ4v) is 7.01. The summed E-state index contributed by atoms with van der Waals surface area (Å²) in [6, 6.07) is 5.52. The Morgan fingerprint density at radius 2 is 1.94 bits per heavy atom. The van der Waals surface area contributed by atoms with Crippen molar-refractivity contribution >= 4 is 19.9 Å². The molecule has 0 aliphatic carbocycles. The van der Waals surface area contributed by atoms with Crippen LogP contribution in [0, 0.1) is 19.7 Å². The Bertz CT molecular complexity index is 1510. The van der Waals surface area contributed by atoms with Gasteiger partial charge in [0.1, 0.15) is 11.9 Å². The maximum Gasteiger partial charge on any atom is 0.434 e. The van der Waals surface area contributed by atoms with Crippen molar-refractivity contribution in [2.75, 3.05) is 5.75 Å². The number of aromatic amines is 1. The zero-order chi connectivity index (χ0) is 24.1. The summed E-state index contributed by atoms with van der Waals surface area (Å²) in [7, 11) is -7.87. The van der Waals surface area contributed by atoms with Gasteiger partial charge in [-0.1, -0.05) is 19.1 Å². The summed E-state index contributed by atoms with van der Waals surface area (Å²) >= 11 is 0. The first-order valence-electron chi connectivity index (χ1n) is 10.1. The molecule has 0 amide bonds. The van der Waals surface area contributed by atoms with E-state index in [9.17, 15) is 26.0 Å². The molecule has 0 fully saturated rings. The van der Waals surface area contributed by atoms with Crippen molar-refractivity contribution < 1.29 is 25.6 Å². The SMILES string of the molecule is Cc1ccc(F)c(C(C)C(NS(=O)(=O)c2ccc3c(c2)S(=O)(=O)CC3)c2n[nH]c(=O)o2)c1C. The molecule has 2 heterocycles. The van der Waals surface area contributed by atoms with Gasteiger partial charge in [0.25, 0.3) is 0 Å². The average molecular weight is 496 g/mol. The summed E-state index contributed by atoms with van der Waals surface area (Å²) in [5.74, 6) is -2.62. The molecular formula is C21H22FN3O6S2. The number of aromatic nitrogens is 2. The van der Waals surface area contributed by atoms with Crippen molar-refractivity contribution in [3.05, 3.63) is 74.8 Å². The molecule has 2 N–H and O–H groups in total. The Kier molecular flexibility index (Phi) is 5.79. The molecule has 2 unspecified atom stereocenters. The lowest BCUT2D eigenvalue weighted by Crippen LogP contribution is -2.33. The molecule has 12 heteroatoms. The fourth-order valence-electron chi connectivity index (χ4n) is 4.06. The maximum absolute atomic E-state index is 14.8. The van der Waals surface area contributed by atoms with Crippen molar-refractivity contribution in [2.24, 2.45) is 0 Å². The van der Waals surface area contributed by atoms with Crippen LogP contribution in [0.1, 0.15) is 47.0 Å².